The van der Waals surface area contributed by atoms with Crippen LogP contribution in [0.15, 0.2) is 24.5 Å². The van der Waals surface area contributed by atoms with Gasteiger partial charge in [0.15, 0.2) is 0 Å². The van der Waals surface area contributed by atoms with Crippen molar-refractivity contribution in [2.45, 2.75) is 56.7 Å². The summed E-state index contributed by atoms with van der Waals surface area (Å²) in [5.74, 6) is 0.820. The van der Waals surface area contributed by atoms with Gasteiger partial charge < -0.3 is 4.74 Å². The maximum Gasteiger partial charge on any atom is 0.282 e. The second-order valence-corrected chi connectivity index (χ2v) is 8.56. The van der Waals surface area contributed by atoms with Crippen LogP contribution in [0.4, 0.5) is 0 Å². The molecule has 1 aromatic rings. The van der Waals surface area contributed by atoms with E-state index in [2.05, 4.69) is 4.98 Å². The number of fused-ring (bicyclic) bond motifs is 2. The zero-order valence-corrected chi connectivity index (χ0v) is 14.0. The molecule has 0 radical (unpaired) electrons. The number of ether oxygens (including phenoxy) is 1. The van der Waals surface area contributed by atoms with E-state index in [9.17, 15) is 8.42 Å². The normalized spacial score (nSPS) is 32.3. The molecule has 3 aliphatic rings. The van der Waals surface area contributed by atoms with Crippen LogP contribution in [0.3, 0.4) is 0 Å². The molecule has 2 bridgehead atoms. The molecule has 2 unspecified atom stereocenters. The minimum absolute atomic E-state index is 0.0891. The minimum atomic E-state index is -3.29. The number of nitrogens with zero attached hydrogens (tertiary/aromatic N) is 3. The standard InChI is InChI=1S/C16H23N3O3S/c20-23(21,18-9-1-2-10-18)19-13-3-4-14(19)12-16(11-13)22-15-5-7-17-8-6-15/h5-8,13-14,16H,1-4,9-12H2. The maximum atomic E-state index is 12.9. The molecule has 4 heterocycles. The zero-order valence-electron chi connectivity index (χ0n) is 13.2. The first kappa shape index (κ1) is 15.4. The Hall–Kier alpha value is -1.18. The summed E-state index contributed by atoms with van der Waals surface area (Å²) in [6.45, 7) is 1.35. The van der Waals surface area contributed by atoms with Crippen LogP contribution in [-0.2, 0) is 10.2 Å². The van der Waals surface area contributed by atoms with E-state index in [1.807, 2.05) is 12.1 Å². The van der Waals surface area contributed by atoms with Gasteiger partial charge in [0.2, 0.25) is 0 Å². The molecule has 7 heteroatoms. The minimum Gasteiger partial charge on any atom is -0.490 e. The lowest BCUT2D eigenvalue weighted by Gasteiger charge is -2.39. The van der Waals surface area contributed by atoms with Crippen LogP contribution in [0.5, 0.6) is 5.75 Å². The molecule has 0 N–H and O–H groups in total. The number of hydrogen-bond acceptors (Lipinski definition) is 4. The van der Waals surface area contributed by atoms with Crippen LogP contribution in [0, 0.1) is 0 Å². The molecule has 23 heavy (non-hydrogen) atoms. The Kier molecular flexibility index (Phi) is 4.03. The molecular weight excluding hydrogens is 314 g/mol. The summed E-state index contributed by atoms with van der Waals surface area (Å²) in [5.41, 5.74) is 0. The Morgan fingerprint density at radius 2 is 1.65 bits per heavy atom. The Bertz CT molecular complexity index is 632. The molecule has 126 valence electrons. The van der Waals surface area contributed by atoms with Gasteiger partial charge in [-0.05, 0) is 37.8 Å². The summed E-state index contributed by atoms with van der Waals surface area (Å²) in [5, 5.41) is 0. The van der Waals surface area contributed by atoms with Gasteiger partial charge in [0, 0.05) is 50.4 Å². The third-order valence-corrected chi connectivity index (χ3v) is 7.38. The van der Waals surface area contributed by atoms with Crippen LogP contribution < -0.4 is 4.74 Å². The highest BCUT2D eigenvalue weighted by Gasteiger charge is 2.49. The summed E-state index contributed by atoms with van der Waals surface area (Å²) in [6.07, 6.45) is 8.97. The Balaban J connectivity index is 1.48. The van der Waals surface area contributed by atoms with Crippen LogP contribution in [0.25, 0.3) is 0 Å². The third-order valence-electron chi connectivity index (χ3n) is 5.23. The van der Waals surface area contributed by atoms with Crippen LogP contribution in [0.1, 0.15) is 38.5 Å². The highest BCUT2D eigenvalue weighted by molar-refractivity contribution is 7.86. The molecule has 3 fully saturated rings. The lowest BCUT2D eigenvalue weighted by Crippen LogP contribution is -2.53. The van der Waals surface area contributed by atoms with Gasteiger partial charge in [-0.15, -0.1) is 0 Å². The smallest absolute Gasteiger partial charge is 0.282 e. The molecule has 0 amide bonds. The van der Waals surface area contributed by atoms with Crippen molar-refractivity contribution in [3.63, 3.8) is 0 Å². The molecule has 1 aromatic heterocycles. The molecule has 0 aromatic carbocycles. The Morgan fingerprint density at radius 1 is 1.04 bits per heavy atom. The molecule has 6 nitrogen and oxygen atoms in total. The fraction of sp³-hybridized carbons (Fsp3) is 0.688. The Labute approximate surface area is 137 Å². The van der Waals surface area contributed by atoms with Crippen molar-refractivity contribution in [3.8, 4) is 5.75 Å². The summed E-state index contributed by atoms with van der Waals surface area (Å²) >= 11 is 0. The molecule has 3 saturated heterocycles. The maximum absolute atomic E-state index is 12.9. The van der Waals surface area contributed by atoms with Gasteiger partial charge in [-0.3, -0.25) is 4.98 Å². The number of aromatic nitrogens is 1. The lowest BCUT2D eigenvalue weighted by atomic mass is 10.0. The summed E-state index contributed by atoms with van der Waals surface area (Å²) in [4.78, 5) is 4.00. The van der Waals surface area contributed by atoms with Gasteiger partial charge >= 0.3 is 0 Å². The zero-order chi connectivity index (χ0) is 15.9. The quantitative estimate of drug-likeness (QED) is 0.840. The SMILES string of the molecule is O=S(=O)(N1CCCC1)N1C2CCC1CC(Oc1ccncc1)C2. The molecule has 0 spiro atoms. The van der Waals surface area contributed by atoms with E-state index in [-0.39, 0.29) is 18.2 Å². The third kappa shape index (κ3) is 2.86. The fourth-order valence-corrected chi connectivity index (χ4v) is 6.34. The average molecular weight is 337 g/mol. The second-order valence-electron chi connectivity index (χ2n) is 6.72. The molecule has 4 rings (SSSR count). The summed E-state index contributed by atoms with van der Waals surface area (Å²) in [6, 6.07) is 3.89. The van der Waals surface area contributed by atoms with Crippen molar-refractivity contribution in [2.75, 3.05) is 13.1 Å². The topological polar surface area (TPSA) is 62.7 Å². The highest BCUT2D eigenvalue weighted by atomic mass is 32.2. The van der Waals surface area contributed by atoms with Crippen LogP contribution in [0.2, 0.25) is 0 Å². The van der Waals surface area contributed by atoms with Gasteiger partial charge in [-0.2, -0.15) is 17.0 Å². The first-order valence-corrected chi connectivity index (χ1v) is 9.89. The first-order valence-electron chi connectivity index (χ1n) is 8.50. The lowest BCUT2D eigenvalue weighted by molar-refractivity contribution is 0.0923. The average Bonchev–Trinajstić information content (AvgIpc) is 3.16. The van der Waals surface area contributed by atoms with E-state index >= 15 is 0 Å². The summed E-state index contributed by atoms with van der Waals surface area (Å²) < 4.78 is 35.3. The van der Waals surface area contributed by atoms with Gasteiger partial charge in [0.05, 0.1) is 0 Å². The van der Waals surface area contributed by atoms with Crippen LogP contribution in [-0.4, -0.2) is 53.3 Å². The van der Waals surface area contributed by atoms with Crippen molar-refractivity contribution in [1.82, 2.24) is 13.6 Å². The van der Waals surface area contributed by atoms with Gasteiger partial charge in [-0.25, -0.2) is 0 Å². The van der Waals surface area contributed by atoms with Crippen molar-refractivity contribution in [2.24, 2.45) is 0 Å². The number of rotatable bonds is 4. The van der Waals surface area contributed by atoms with E-state index in [0.29, 0.717) is 13.1 Å². The predicted octanol–water partition coefficient (Wildman–Crippen LogP) is 1.80. The fourth-order valence-electron chi connectivity index (χ4n) is 4.22. The van der Waals surface area contributed by atoms with Crippen molar-refractivity contribution in [1.29, 1.82) is 0 Å². The predicted molar refractivity (Wildman–Crippen MR) is 86.3 cm³/mol. The number of hydrogen-bond donors (Lipinski definition) is 0. The number of pyridine rings is 1. The number of piperidine rings is 1. The Morgan fingerprint density at radius 3 is 2.26 bits per heavy atom. The molecule has 0 aliphatic carbocycles. The molecule has 2 atom stereocenters. The van der Waals surface area contributed by atoms with E-state index in [1.54, 1.807) is 21.0 Å². The largest absolute Gasteiger partial charge is 0.490 e. The first-order chi connectivity index (χ1) is 11.1. The van der Waals surface area contributed by atoms with E-state index in [1.165, 1.54) is 0 Å². The van der Waals surface area contributed by atoms with Crippen LogP contribution >= 0.6 is 0 Å². The van der Waals surface area contributed by atoms with Gasteiger partial charge in [0.25, 0.3) is 10.2 Å². The monoisotopic (exact) mass is 337 g/mol. The molecule has 0 saturated carbocycles. The second kappa shape index (κ2) is 6.03. The highest BCUT2D eigenvalue weighted by Crippen LogP contribution is 2.40. The summed E-state index contributed by atoms with van der Waals surface area (Å²) in [7, 11) is -3.29. The van der Waals surface area contributed by atoms with Gasteiger partial charge in [0.1, 0.15) is 11.9 Å². The van der Waals surface area contributed by atoms with Gasteiger partial charge in [-0.1, -0.05) is 0 Å². The van der Waals surface area contributed by atoms with E-state index in [0.717, 1.165) is 44.3 Å². The van der Waals surface area contributed by atoms with E-state index in [4.69, 9.17) is 4.74 Å². The van der Waals surface area contributed by atoms with E-state index < -0.39 is 10.2 Å². The van der Waals surface area contributed by atoms with Crippen molar-refractivity contribution in [3.05, 3.63) is 24.5 Å². The molecular formula is C16H23N3O3S. The van der Waals surface area contributed by atoms with Crippen molar-refractivity contribution >= 4 is 10.2 Å². The molecule has 3 aliphatic heterocycles. The van der Waals surface area contributed by atoms with Crippen molar-refractivity contribution < 1.29 is 13.2 Å².